The van der Waals surface area contributed by atoms with Crippen molar-refractivity contribution >= 4 is 38.4 Å². The molecule has 2 aromatic carbocycles. The molecule has 2 aliphatic rings. The van der Waals surface area contributed by atoms with E-state index < -0.39 is 9.84 Å². The van der Waals surface area contributed by atoms with Crippen LogP contribution in [0.5, 0.6) is 0 Å². The molecule has 7 heteroatoms. The van der Waals surface area contributed by atoms with Gasteiger partial charge in [-0.3, -0.25) is 4.79 Å². The number of aliphatic imine (C=N–C) groups is 1. The standard InChI is InChI=1S/C22H24N2O3S2/c1-14-5-4-6-17(9-14)11-21(25)23-22-24(18-10-15(2)7-8-16(18)3)19-12-29(26,27)13-20(19)28-22/h4-10,19-20H,11-13H2,1-3H3/t19-,20-/m0/s1. The first-order valence-electron chi connectivity index (χ1n) is 9.62. The van der Waals surface area contributed by atoms with Crippen LogP contribution in [0.3, 0.4) is 0 Å². The lowest BCUT2D eigenvalue weighted by molar-refractivity contribution is -0.117. The van der Waals surface area contributed by atoms with Crippen molar-refractivity contribution in [3.63, 3.8) is 0 Å². The Morgan fingerprint density at radius 2 is 1.86 bits per heavy atom. The fraction of sp³-hybridized carbons (Fsp3) is 0.364. The lowest BCUT2D eigenvalue weighted by Crippen LogP contribution is -2.38. The number of thioether (sulfide) groups is 1. The number of fused-ring (bicyclic) bond motifs is 1. The van der Waals surface area contributed by atoms with Gasteiger partial charge in [-0.15, -0.1) is 0 Å². The third kappa shape index (κ3) is 4.26. The zero-order chi connectivity index (χ0) is 20.8. The lowest BCUT2D eigenvalue weighted by Gasteiger charge is -2.26. The molecule has 0 aliphatic carbocycles. The van der Waals surface area contributed by atoms with Crippen LogP contribution in [0.4, 0.5) is 5.69 Å². The maximum absolute atomic E-state index is 12.7. The van der Waals surface area contributed by atoms with Crippen LogP contribution in [0, 0.1) is 20.8 Å². The fourth-order valence-corrected chi connectivity index (χ4v) is 7.89. The van der Waals surface area contributed by atoms with Crippen LogP contribution in [-0.4, -0.2) is 42.3 Å². The van der Waals surface area contributed by atoms with Gasteiger partial charge in [-0.25, -0.2) is 8.42 Å². The number of anilines is 1. The number of carbonyl (C=O) groups is 1. The van der Waals surface area contributed by atoms with Crippen LogP contribution >= 0.6 is 11.8 Å². The Labute approximate surface area is 176 Å². The molecule has 0 spiro atoms. The van der Waals surface area contributed by atoms with Gasteiger partial charge < -0.3 is 4.90 Å². The Morgan fingerprint density at radius 3 is 2.62 bits per heavy atom. The summed E-state index contributed by atoms with van der Waals surface area (Å²) in [6, 6.07) is 13.8. The minimum absolute atomic E-state index is 0.0922. The first kappa shape index (κ1) is 20.2. The number of aryl methyl sites for hydroxylation is 3. The van der Waals surface area contributed by atoms with E-state index in [1.165, 1.54) is 11.8 Å². The second-order valence-electron chi connectivity index (χ2n) is 7.91. The molecule has 0 bridgehead atoms. The third-order valence-corrected chi connectivity index (χ3v) is 8.56. The Morgan fingerprint density at radius 1 is 1.10 bits per heavy atom. The number of rotatable bonds is 3. The molecule has 0 aromatic heterocycles. The zero-order valence-corrected chi connectivity index (χ0v) is 18.4. The van der Waals surface area contributed by atoms with Crippen LogP contribution in [0.1, 0.15) is 22.3 Å². The zero-order valence-electron chi connectivity index (χ0n) is 16.8. The van der Waals surface area contributed by atoms with Crippen LogP contribution in [0.25, 0.3) is 0 Å². The van der Waals surface area contributed by atoms with Gasteiger partial charge in [0.05, 0.1) is 24.0 Å². The van der Waals surface area contributed by atoms with E-state index in [2.05, 4.69) is 4.99 Å². The van der Waals surface area contributed by atoms with Crippen LogP contribution in [0.2, 0.25) is 0 Å². The molecule has 5 nitrogen and oxygen atoms in total. The smallest absolute Gasteiger partial charge is 0.252 e. The molecule has 2 heterocycles. The van der Waals surface area contributed by atoms with E-state index in [1.807, 2.05) is 68.1 Å². The molecule has 2 saturated heterocycles. The summed E-state index contributed by atoms with van der Waals surface area (Å²) < 4.78 is 24.5. The van der Waals surface area contributed by atoms with Gasteiger partial charge in [0, 0.05) is 10.9 Å². The largest absolute Gasteiger partial charge is 0.315 e. The summed E-state index contributed by atoms with van der Waals surface area (Å²) in [5.41, 5.74) is 5.10. The van der Waals surface area contributed by atoms with Crippen molar-refractivity contribution in [1.82, 2.24) is 0 Å². The predicted molar refractivity (Wildman–Crippen MR) is 120 cm³/mol. The molecular weight excluding hydrogens is 404 g/mol. The minimum Gasteiger partial charge on any atom is -0.315 e. The molecule has 2 atom stereocenters. The van der Waals surface area contributed by atoms with E-state index in [0.29, 0.717) is 5.17 Å². The number of sulfone groups is 1. The third-order valence-electron chi connectivity index (χ3n) is 5.35. The number of hydrogen-bond acceptors (Lipinski definition) is 4. The minimum atomic E-state index is -3.08. The van der Waals surface area contributed by atoms with Crippen LogP contribution in [-0.2, 0) is 21.1 Å². The van der Waals surface area contributed by atoms with E-state index in [0.717, 1.165) is 27.9 Å². The molecule has 2 aromatic rings. The summed E-state index contributed by atoms with van der Waals surface area (Å²) in [5, 5.41) is 0.520. The number of amides is 1. The topological polar surface area (TPSA) is 66.8 Å². The number of carbonyl (C=O) groups excluding carboxylic acids is 1. The fourth-order valence-electron chi connectivity index (χ4n) is 3.97. The summed E-state index contributed by atoms with van der Waals surface area (Å²) in [6.07, 6.45) is 0.236. The monoisotopic (exact) mass is 428 g/mol. The van der Waals surface area contributed by atoms with Gasteiger partial charge in [-0.1, -0.05) is 53.7 Å². The molecule has 152 valence electrons. The molecule has 2 aliphatic heterocycles. The van der Waals surface area contributed by atoms with E-state index in [4.69, 9.17) is 0 Å². The number of amidine groups is 1. The van der Waals surface area contributed by atoms with Gasteiger partial charge in [0.25, 0.3) is 5.91 Å². The van der Waals surface area contributed by atoms with Crippen molar-refractivity contribution in [1.29, 1.82) is 0 Å². The van der Waals surface area contributed by atoms with E-state index in [9.17, 15) is 13.2 Å². The van der Waals surface area contributed by atoms with Gasteiger partial charge in [0.15, 0.2) is 15.0 Å². The molecule has 0 unspecified atom stereocenters. The van der Waals surface area contributed by atoms with Gasteiger partial charge in [-0.05, 0) is 43.5 Å². The van der Waals surface area contributed by atoms with Crippen molar-refractivity contribution in [3.05, 3.63) is 64.7 Å². The quantitative estimate of drug-likeness (QED) is 0.749. The molecule has 0 radical (unpaired) electrons. The Bertz CT molecular complexity index is 1110. The van der Waals surface area contributed by atoms with E-state index in [1.54, 1.807) is 0 Å². The Balaban J connectivity index is 1.68. The Kier molecular flexibility index (Phi) is 5.29. The van der Waals surface area contributed by atoms with E-state index >= 15 is 0 Å². The summed E-state index contributed by atoms with van der Waals surface area (Å²) in [6.45, 7) is 6.01. The second-order valence-corrected chi connectivity index (χ2v) is 11.3. The summed E-state index contributed by atoms with van der Waals surface area (Å²) >= 11 is 1.42. The molecule has 0 N–H and O–H groups in total. The SMILES string of the molecule is Cc1cccc(CC(=O)N=C2S[C@H]3CS(=O)(=O)C[C@@H]3N2c2cc(C)ccc2C)c1. The number of benzene rings is 2. The first-order chi connectivity index (χ1) is 13.7. The molecule has 4 rings (SSSR count). The molecule has 1 amide bonds. The average Bonchev–Trinajstić information content (AvgIpc) is 3.08. The van der Waals surface area contributed by atoms with Crippen molar-refractivity contribution in [2.45, 2.75) is 38.5 Å². The molecule has 2 fully saturated rings. The summed E-state index contributed by atoms with van der Waals surface area (Å²) in [7, 11) is -3.08. The highest BCUT2D eigenvalue weighted by Crippen LogP contribution is 2.42. The van der Waals surface area contributed by atoms with Crippen molar-refractivity contribution in [2.24, 2.45) is 4.99 Å². The maximum atomic E-state index is 12.7. The van der Waals surface area contributed by atoms with Gasteiger partial charge in [0.1, 0.15) is 0 Å². The number of nitrogens with zero attached hydrogens (tertiary/aromatic N) is 2. The highest BCUT2D eigenvalue weighted by atomic mass is 32.2. The summed E-state index contributed by atoms with van der Waals surface area (Å²) in [5.74, 6) is 0.0222. The van der Waals surface area contributed by atoms with Crippen molar-refractivity contribution < 1.29 is 13.2 Å². The molecular formula is C22H24N2O3S2. The highest BCUT2D eigenvalue weighted by molar-refractivity contribution is 8.16. The van der Waals surface area contributed by atoms with Gasteiger partial charge in [-0.2, -0.15) is 4.99 Å². The number of hydrogen-bond donors (Lipinski definition) is 0. The molecule has 0 saturated carbocycles. The average molecular weight is 429 g/mol. The predicted octanol–water partition coefficient (Wildman–Crippen LogP) is 3.46. The van der Waals surface area contributed by atoms with Crippen LogP contribution in [0.15, 0.2) is 47.5 Å². The second kappa shape index (κ2) is 7.61. The Hall–Kier alpha value is -2.12. The van der Waals surface area contributed by atoms with E-state index in [-0.39, 0.29) is 35.1 Å². The molecule has 29 heavy (non-hydrogen) atoms. The van der Waals surface area contributed by atoms with Crippen molar-refractivity contribution in [2.75, 3.05) is 16.4 Å². The van der Waals surface area contributed by atoms with Crippen LogP contribution < -0.4 is 4.90 Å². The summed E-state index contributed by atoms with van der Waals surface area (Å²) in [4.78, 5) is 19.1. The maximum Gasteiger partial charge on any atom is 0.252 e. The first-order valence-corrected chi connectivity index (χ1v) is 12.3. The lowest BCUT2D eigenvalue weighted by atomic mass is 10.1. The highest BCUT2D eigenvalue weighted by Gasteiger charge is 2.49. The van der Waals surface area contributed by atoms with Crippen molar-refractivity contribution in [3.8, 4) is 0 Å². The van der Waals surface area contributed by atoms with Gasteiger partial charge >= 0.3 is 0 Å². The normalized spacial score (nSPS) is 24.1. The van der Waals surface area contributed by atoms with Gasteiger partial charge in [0.2, 0.25) is 0 Å².